The number of ether oxygens (including phenoxy) is 1. The van der Waals surface area contributed by atoms with Gasteiger partial charge in [-0.15, -0.1) is 4.33 Å². The number of aliphatic hydroxyl groups is 1. The van der Waals surface area contributed by atoms with Crippen LogP contribution in [0.3, 0.4) is 0 Å². The van der Waals surface area contributed by atoms with Crippen LogP contribution in [0.2, 0.25) is 18.1 Å². The van der Waals surface area contributed by atoms with Gasteiger partial charge in [-0.05, 0) is 43.1 Å². The highest BCUT2D eigenvalue weighted by atomic mass is 32.2. The Morgan fingerprint density at radius 2 is 1.82 bits per heavy atom. The molecule has 10 heteroatoms. The lowest BCUT2D eigenvalue weighted by Gasteiger charge is -2.46. The van der Waals surface area contributed by atoms with Gasteiger partial charge >= 0.3 is 5.97 Å². The summed E-state index contributed by atoms with van der Waals surface area (Å²) >= 11 is 0.800. The van der Waals surface area contributed by atoms with E-state index in [-0.39, 0.29) is 17.7 Å². The molecule has 8 nitrogen and oxygen atoms in total. The van der Waals surface area contributed by atoms with E-state index >= 15 is 0 Å². The molecule has 0 spiro atoms. The van der Waals surface area contributed by atoms with E-state index in [1.54, 1.807) is 45.0 Å². The lowest BCUT2D eigenvalue weighted by Crippen LogP contribution is -2.66. The summed E-state index contributed by atoms with van der Waals surface area (Å²) in [5.41, 5.74) is -1.67. The van der Waals surface area contributed by atoms with Crippen molar-refractivity contribution < 1.29 is 33.1 Å². The van der Waals surface area contributed by atoms with Crippen molar-refractivity contribution in [1.82, 2.24) is 4.90 Å². The molecule has 1 aromatic rings. The molecule has 2 fully saturated rings. The van der Waals surface area contributed by atoms with E-state index in [0.29, 0.717) is 5.75 Å². The summed E-state index contributed by atoms with van der Waals surface area (Å²) in [7, 11) is -2.52. The Hall–Kier alpha value is -1.59. The van der Waals surface area contributed by atoms with Crippen molar-refractivity contribution in [3.05, 3.63) is 30.3 Å². The van der Waals surface area contributed by atoms with Crippen LogP contribution in [0.5, 0.6) is 5.75 Å². The predicted octanol–water partition coefficient (Wildman–Crippen LogP) is 3.91. The van der Waals surface area contributed by atoms with Gasteiger partial charge < -0.3 is 19.2 Å². The number of aliphatic hydroxyl groups excluding tert-OH is 1. The number of para-hydroxylation sites is 1. The molecule has 3 rings (SSSR count). The molecule has 1 N–H and O–H groups in total. The lowest BCUT2D eigenvalue weighted by atomic mass is 9.79. The summed E-state index contributed by atoms with van der Waals surface area (Å²) < 4.78 is 16.2. The van der Waals surface area contributed by atoms with E-state index < -0.39 is 42.7 Å². The maximum atomic E-state index is 13.7. The smallest absolute Gasteiger partial charge is 0.339 e. The fourth-order valence-corrected chi connectivity index (χ4v) is 6.22. The van der Waals surface area contributed by atoms with Crippen molar-refractivity contribution in [1.29, 1.82) is 0 Å². The second-order valence-electron chi connectivity index (χ2n) is 10.7. The molecule has 2 aliphatic heterocycles. The number of amides is 1. The third-order valence-corrected chi connectivity index (χ3v) is 12.4. The molecule has 0 saturated carbocycles. The Labute approximate surface area is 201 Å². The average molecular weight is 498 g/mol. The molecule has 33 heavy (non-hydrogen) atoms. The fraction of sp³-hybridized carbons (Fsp3) is 0.652. The standard InChI is InChI=1S/C23H35NO7SSi/c1-15(2)17(25)23-18(30-33(7,8)21(3,4)5)22(6,19(26)24(23)14-28-20(23)27)32-31-29-16-12-10-9-11-13-16/h9-13,15,17-18,25H,14H2,1-8H3. The number of carbonyl (C=O) groups excluding carboxylic acids is 2. The van der Waals surface area contributed by atoms with Crippen LogP contribution in [0.25, 0.3) is 0 Å². The molecule has 0 aromatic heterocycles. The monoisotopic (exact) mass is 497 g/mol. The van der Waals surface area contributed by atoms with E-state index in [0.717, 1.165) is 12.0 Å². The first kappa shape index (κ1) is 26.0. The van der Waals surface area contributed by atoms with Crippen molar-refractivity contribution in [3.8, 4) is 5.75 Å². The van der Waals surface area contributed by atoms with Gasteiger partial charge in [0.15, 0.2) is 26.3 Å². The Bertz CT molecular complexity index is 891. The summed E-state index contributed by atoms with van der Waals surface area (Å²) in [6, 6.07) is 8.90. The van der Waals surface area contributed by atoms with Gasteiger partial charge in [-0.2, -0.15) is 0 Å². The number of esters is 1. The van der Waals surface area contributed by atoms with Gasteiger partial charge in [0.25, 0.3) is 0 Å². The number of benzene rings is 1. The molecule has 2 aliphatic rings. The number of nitrogens with zero attached hydrogens (tertiary/aromatic N) is 1. The molecule has 1 aromatic carbocycles. The van der Waals surface area contributed by atoms with Crippen LogP contribution in [0.1, 0.15) is 41.5 Å². The Kier molecular flexibility index (Phi) is 7.00. The zero-order valence-electron chi connectivity index (χ0n) is 20.6. The molecule has 1 amide bonds. The van der Waals surface area contributed by atoms with Gasteiger partial charge in [0.05, 0.1) is 18.1 Å². The molecule has 0 bridgehead atoms. The quantitative estimate of drug-likeness (QED) is 0.190. The zero-order valence-corrected chi connectivity index (χ0v) is 22.4. The fourth-order valence-electron chi connectivity index (χ4n) is 4.03. The van der Waals surface area contributed by atoms with Crippen molar-refractivity contribution in [2.45, 2.75) is 82.2 Å². The maximum Gasteiger partial charge on any atom is 0.339 e. The second kappa shape index (κ2) is 8.88. The first-order chi connectivity index (χ1) is 15.2. The third kappa shape index (κ3) is 4.20. The summed E-state index contributed by atoms with van der Waals surface area (Å²) in [6.07, 6.45) is -2.21. The largest absolute Gasteiger partial charge is 0.442 e. The van der Waals surface area contributed by atoms with E-state index in [1.165, 1.54) is 4.90 Å². The SMILES string of the molecule is CC(C)C(O)C12C(=O)OCN1C(=O)C(C)(SOOc1ccccc1)C2O[Si](C)(C)C(C)(C)C. The van der Waals surface area contributed by atoms with Crippen LogP contribution in [-0.4, -0.2) is 59.4 Å². The number of fused-ring (bicyclic) bond motifs is 1. The van der Waals surface area contributed by atoms with Crippen molar-refractivity contribution in [3.63, 3.8) is 0 Å². The van der Waals surface area contributed by atoms with Crippen LogP contribution in [0.4, 0.5) is 0 Å². The first-order valence-electron chi connectivity index (χ1n) is 11.1. The molecule has 0 aliphatic carbocycles. The normalized spacial score (nSPS) is 28.8. The van der Waals surface area contributed by atoms with Crippen LogP contribution >= 0.6 is 12.0 Å². The number of rotatable bonds is 8. The van der Waals surface area contributed by atoms with Crippen LogP contribution < -0.4 is 4.89 Å². The van der Waals surface area contributed by atoms with Gasteiger partial charge in [0, 0.05) is 0 Å². The molecule has 2 heterocycles. The Morgan fingerprint density at radius 3 is 2.36 bits per heavy atom. The number of hydrogen-bond acceptors (Lipinski definition) is 8. The minimum absolute atomic E-state index is 0.205. The average Bonchev–Trinajstić information content (AvgIpc) is 3.15. The number of cyclic esters (lactones) is 1. The summed E-state index contributed by atoms with van der Waals surface area (Å²) in [5, 5.41) is 11.1. The number of hydrogen-bond donors (Lipinski definition) is 1. The van der Waals surface area contributed by atoms with Crippen molar-refractivity contribution >= 4 is 32.2 Å². The molecule has 0 radical (unpaired) electrons. The Balaban J connectivity index is 2.05. The maximum absolute atomic E-state index is 13.7. The van der Waals surface area contributed by atoms with Gasteiger partial charge in [0.1, 0.15) is 10.9 Å². The van der Waals surface area contributed by atoms with E-state index in [9.17, 15) is 14.7 Å². The summed E-state index contributed by atoms with van der Waals surface area (Å²) in [5.74, 6) is -0.921. The lowest BCUT2D eigenvalue weighted by molar-refractivity contribution is -0.154. The predicted molar refractivity (Wildman–Crippen MR) is 128 cm³/mol. The molecule has 2 saturated heterocycles. The summed E-state index contributed by atoms with van der Waals surface area (Å²) in [4.78, 5) is 33.7. The van der Waals surface area contributed by atoms with E-state index in [1.807, 2.05) is 19.2 Å². The summed E-state index contributed by atoms with van der Waals surface area (Å²) in [6.45, 7) is 15.3. The van der Waals surface area contributed by atoms with Crippen molar-refractivity contribution in [2.75, 3.05) is 6.73 Å². The second-order valence-corrected chi connectivity index (χ2v) is 16.6. The van der Waals surface area contributed by atoms with Gasteiger partial charge in [-0.3, -0.25) is 9.69 Å². The third-order valence-electron chi connectivity index (χ3n) is 7.05. The highest BCUT2D eigenvalue weighted by molar-refractivity contribution is 7.96. The van der Waals surface area contributed by atoms with Crippen LogP contribution in [-0.2, 0) is 23.1 Å². The van der Waals surface area contributed by atoms with Crippen LogP contribution in [0.15, 0.2) is 30.3 Å². The molecule has 184 valence electrons. The Morgan fingerprint density at radius 1 is 1.21 bits per heavy atom. The van der Waals surface area contributed by atoms with Gasteiger partial charge in [0.2, 0.25) is 5.91 Å². The zero-order chi connectivity index (χ0) is 24.8. The van der Waals surface area contributed by atoms with Crippen molar-refractivity contribution in [2.24, 2.45) is 5.92 Å². The molecular weight excluding hydrogens is 462 g/mol. The van der Waals surface area contributed by atoms with Crippen LogP contribution in [0, 0.1) is 5.92 Å². The molecule has 4 atom stereocenters. The molecular formula is C23H35NO7SSi. The van der Waals surface area contributed by atoms with E-state index in [2.05, 4.69) is 20.8 Å². The first-order valence-corrected chi connectivity index (χ1v) is 14.8. The van der Waals surface area contributed by atoms with Gasteiger partial charge in [-0.25, -0.2) is 4.79 Å². The van der Waals surface area contributed by atoms with Gasteiger partial charge in [-0.1, -0.05) is 52.8 Å². The van der Waals surface area contributed by atoms with E-state index in [4.69, 9.17) is 18.4 Å². The molecule has 4 unspecified atom stereocenters. The minimum atomic E-state index is -2.52. The highest BCUT2D eigenvalue weighted by Crippen LogP contribution is 2.54. The number of carbonyl (C=O) groups is 2. The minimum Gasteiger partial charge on any atom is -0.442 e. The highest BCUT2D eigenvalue weighted by Gasteiger charge is 2.77. The topological polar surface area (TPSA) is 94.5 Å².